The lowest BCUT2D eigenvalue weighted by Gasteiger charge is -2.17. The lowest BCUT2D eigenvalue weighted by atomic mass is 9.91. The van der Waals surface area contributed by atoms with E-state index in [-0.39, 0.29) is 0 Å². The molecule has 0 spiro atoms. The summed E-state index contributed by atoms with van der Waals surface area (Å²) >= 11 is 0. The number of fused-ring (bicyclic) bond motifs is 1. The van der Waals surface area contributed by atoms with Crippen molar-refractivity contribution >= 4 is 11.0 Å². The summed E-state index contributed by atoms with van der Waals surface area (Å²) < 4.78 is 0. The normalized spacial score (nSPS) is 13.1. The third-order valence-corrected chi connectivity index (χ3v) is 3.62. The summed E-state index contributed by atoms with van der Waals surface area (Å²) in [7, 11) is 4.26. The molecule has 0 saturated heterocycles. The summed E-state index contributed by atoms with van der Waals surface area (Å²) in [5.41, 5.74) is 3.38. The summed E-state index contributed by atoms with van der Waals surface area (Å²) in [5, 5.41) is 0. The molecular weight excluding hydrogens is 234 g/mol. The van der Waals surface area contributed by atoms with Crippen molar-refractivity contribution in [1.82, 2.24) is 14.9 Å². The first-order valence-electron chi connectivity index (χ1n) is 7.06. The largest absolute Gasteiger partial charge is 0.309 e. The molecule has 0 bridgehead atoms. The van der Waals surface area contributed by atoms with Gasteiger partial charge < -0.3 is 4.90 Å². The summed E-state index contributed by atoms with van der Waals surface area (Å²) in [6, 6.07) is 6.50. The van der Waals surface area contributed by atoms with Crippen molar-refractivity contribution in [1.29, 1.82) is 0 Å². The third-order valence-electron chi connectivity index (χ3n) is 3.62. The van der Waals surface area contributed by atoms with E-state index in [9.17, 15) is 0 Å². The number of hydrogen-bond donors (Lipinski definition) is 0. The predicted octanol–water partition coefficient (Wildman–Crippen LogP) is 3.47. The minimum Gasteiger partial charge on any atom is -0.309 e. The van der Waals surface area contributed by atoms with Crippen LogP contribution in [0.3, 0.4) is 0 Å². The van der Waals surface area contributed by atoms with Gasteiger partial charge in [0.05, 0.1) is 11.0 Å². The van der Waals surface area contributed by atoms with Gasteiger partial charge in [0, 0.05) is 12.4 Å². The number of aromatic nitrogens is 2. The molecule has 0 N–H and O–H groups in total. The molecule has 1 heterocycles. The van der Waals surface area contributed by atoms with Gasteiger partial charge in [-0.1, -0.05) is 13.0 Å². The Morgan fingerprint density at radius 3 is 2.53 bits per heavy atom. The fourth-order valence-electron chi connectivity index (χ4n) is 2.49. The fourth-order valence-corrected chi connectivity index (χ4v) is 2.49. The SMILES string of the molecule is CCC(CCCN(C)C)c1ccc2nccnc2c1. The van der Waals surface area contributed by atoms with Crippen LogP contribution in [0.2, 0.25) is 0 Å². The maximum atomic E-state index is 4.40. The maximum absolute atomic E-state index is 4.40. The smallest absolute Gasteiger partial charge is 0.0889 e. The van der Waals surface area contributed by atoms with Crippen LogP contribution in [0.4, 0.5) is 0 Å². The second-order valence-electron chi connectivity index (χ2n) is 5.36. The van der Waals surface area contributed by atoms with Crippen molar-refractivity contribution in [3.05, 3.63) is 36.2 Å². The van der Waals surface area contributed by atoms with Crippen LogP contribution in [0.15, 0.2) is 30.6 Å². The monoisotopic (exact) mass is 257 g/mol. The van der Waals surface area contributed by atoms with Gasteiger partial charge in [-0.05, 0) is 63.5 Å². The molecule has 0 aliphatic heterocycles. The summed E-state index contributed by atoms with van der Waals surface area (Å²) in [6.45, 7) is 3.42. The first kappa shape index (κ1) is 13.9. The van der Waals surface area contributed by atoms with Crippen molar-refractivity contribution in [2.24, 2.45) is 0 Å². The zero-order valence-electron chi connectivity index (χ0n) is 12.1. The van der Waals surface area contributed by atoms with Crippen LogP contribution in [0, 0.1) is 0 Å². The second kappa shape index (κ2) is 6.62. The summed E-state index contributed by atoms with van der Waals surface area (Å²) in [4.78, 5) is 11.0. The van der Waals surface area contributed by atoms with Crippen LogP contribution in [0.1, 0.15) is 37.7 Å². The highest BCUT2D eigenvalue weighted by atomic mass is 15.0. The van der Waals surface area contributed by atoms with Gasteiger partial charge >= 0.3 is 0 Å². The van der Waals surface area contributed by atoms with Gasteiger partial charge in [0.25, 0.3) is 0 Å². The highest BCUT2D eigenvalue weighted by Gasteiger charge is 2.10. The molecule has 1 aromatic heterocycles. The van der Waals surface area contributed by atoms with Crippen LogP contribution in [-0.4, -0.2) is 35.5 Å². The van der Waals surface area contributed by atoms with Crippen molar-refractivity contribution in [3.63, 3.8) is 0 Å². The van der Waals surface area contributed by atoms with E-state index in [2.05, 4.69) is 54.1 Å². The molecule has 19 heavy (non-hydrogen) atoms. The minimum atomic E-state index is 0.631. The number of nitrogens with zero attached hydrogens (tertiary/aromatic N) is 3. The standard InChI is InChI=1S/C16H23N3/c1-4-13(6-5-11-19(2)3)14-7-8-15-16(12-14)18-10-9-17-15/h7-10,12-13H,4-6,11H2,1-3H3. The second-order valence-corrected chi connectivity index (χ2v) is 5.36. The van der Waals surface area contributed by atoms with Gasteiger partial charge in [0.15, 0.2) is 0 Å². The quantitative estimate of drug-likeness (QED) is 0.793. The first-order chi connectivity index (χ1) is 9.20. The molecule has 0 aliphatic rings. The van der Waals surface area contributed by atoms with E-state index >= 15 is 0 Å². The van der Waals surface area contributed by atoms with Crippen LogP contribution in [0.5, 0.6) is 0 Å². The Bertz CT molecular complexity index is 522. The summed E-state index contributed by atoms with van der Waals surface area (Å²) in [6.07, 6.45) is 7.17. The molecule has 0 saturated carbocycles. The molecular formula is C16H23N3. The lowest BCUT2D eigenvalue weighted by molar-refractivity contribution is 0.383. The average molecular weight is 257 g/mol. The van der Waals surface area contributed by atoms with Crippen LogP contribution in [0.25, 0.3) is 11.0 Å². The zero-order valence-corrected chi connectivity index (χ0v) is 12.1. The van der Waals surface area contributed by atoms with Crippen LogP contribution >= 0.6 is 0 Å². The molecule has 2 aromatic rings. The van der Waals surface area contributed by atoms with Crippen LogP contribution in [-0.2, 0) is 0 Å². The topological polar surface area (TPSA) is 29.0 Å². The predicted molar refractivity (Wildman–Crippen MR) is 80.4 cm³/mol. The highest BCUT2D eigenvalue weighted by Crippen LogP contribution is 2.26. The van der Waals surface area contributed by atoms with Gasteiger partial charge in [0.1, 0.15) is 0 Å². The number of rotatable bonds is 6. The van der Waals surface area contributed by atoms with Gasteiger partial charge in [0.2, 0.25) is 0 Å². The Labute approximate surface area is 115 Å². The Morgan fingerprint density at radius 1 is 1.11 bits per heavy atom. The summed E-state index contributed by atoms with van der Waals surface area (Å²) in [5.74, 6) is 0.631. The molecule has 1 aromatic carbocycles. The van der Waals surface area contributed by atoms with E-state index in [1.165, 1.54) is 24.8 Å². The Kier molecular flexibility index (Phi) is 4.86. The Morgan fingerprint density at radius 2 is 1.84 bits per heavy atom. The van der Waals surface area contributed by atoms with Gasteiger partial charge in [-0.2, -0.15) is 0 Å². The number of benzene rings is 1. The molecule has 1 unspecified atom stereocenters. The maximum Gasteiger partial charge on any atom is 0.0889 e. The molecule has 0 amide bonds. The lowest BCUT2D eigenvalue weighted by Crippen LogP contribution is -2.13. The number of hydrogen-bond acceptors (Lipinski definition) is 3. The molecule has 1 atom stereocenters. The van der Waals surface area contributed by atoms with E-state index in [1.54, 1.807) is 12.4 Å². The van der Waals surface area contributed by atoms with Crippen molar-refractivity contribution in [2.45, 2.75) is 32.1 Å². The van der Waals surface area contributed by atoms with Crippen molar-refractivity contribution in [2.75, 3.05) is 20.6 Å². The van der Waals surface area contributed by atoms with E-state index in [4.69, 9.17) is 0 Å². The van der Waals surface area contributed by atoms with E-state index in [0.29, 0.717) is 5.92 Å². The van der Waals surface area contributed by atoms with Gasteiger partial charge in [-0.3, -0.25) is 9.97 Å². The third kappa shape index (κ3) is 3.74. The van der Waals surface area contributed by atoms with Gasteiger partial charge in [-0.25, -0.2) is 0 Å². The molecule has 0 radical (unpaired) electrons. The van der Waals surface area contributed by atoms with Gasteiger partial charge in [-0.15, -0.1) is 0 Å². The van der Waals surface area contributed by atoms with E-state index < -0.39 is 0 Å². The highest BCUT2D eigenvalue weighted by molar-refractivity contribution is 5.74. The molecule has 3 heteroatoms. The Hall–Kier alpha value is -1.48. The zero-order chi connectivity index (χ0) is 13.7. The Balaban J connectivity index is 2.11. The fraction of sp³-hybridized carbons (Fsp3) is 0.500. The first-order valence-corrected chi connectivity index (χ1v) is 7.06. The van der Waals surface area contributed by atoms with Crippen molar-refractivity contribution in [3.8, 4) is 0 Å². The van der Waals surface area contributed by atoms with E-state index in [1.807, 2.05) is 0 Å². The molecule has 0 aliphatic carbocycles. The molecule has 3 nitrogen and oxygen atoms in total. The molecule has 2 rings (SSSR count). The van der Waals surface area contributed by atoms with E-state index in [0.717, 1.165) is 17.6 Å². The minimum absolute atomic E-state index is 0.631. The molecule has 102 valence electrons. The average Bonchev–Trinajstić information content (AvgIpc) is 2.43. The molecule has 0 fully saturated rings. The van der Waals surface area contributed by atoms with Crippen molar-refractivity contribution < 1.29 is 0 Å². The van der Waals surface area contributed by atoms with Crippen LogP contribution < -0.4 is 0 Å².